The normalized spacial score (nSPS) is 14.6. The Kier molecular flexibility index (Phi) is 11.8. The Morgan fingerprint density at radius 2 is 0.848 bits per heavy atom. The molecule has 0 amide bonds. The van der Waals surface area contributed by atoms with Crippen LogP contribution in [-0.4, -0.2) is 79.0 Å². The van der Waals surface area contributed by atoms with Gasteiger partial charge in [0.1, 0.15) is 24.7 Å². The fourth-order valence-electron chi connectivity index (χ4n) is 4.99. The van der Waals surface area contributed by atoms with Crippen molar-refractivity contribution in [1.82, 2.24) is 19.2 Å². The quantitative estimate of drug-likeness (QED) is 0.186. The van der Waals surface area contributed by atoms with Crippen LogP contribution in [0, 0.1) is 0 Å². The van der Waals surface area contributed by atoms with Crippen LogP contribution < -0.4 is 18.9 Å². The van der Waals surface area contributed by atoms with Gasteiger partial charge in [0.05, 0.1) is 9.79 Å². The predicted octanol–water partition coefficient (Wildman–Crippen LogP) is 3.72. The molecule has 12 heteroatoms. The first-order chi connectivity index (χ1) is 22.3. The van der Waals surface area contributed by atoms with Gasteiger partial charge in [0.25, 0.3) is 0 Å². The van der Waals surface area contributed by atoms with Crippen LogP contribution in [0.15, 0.2) is 119 Å². The first kappa shape index (κ1) is 33.6. The third kappa shape index (κ3) is 10.1. The van der Waals surface area contributed by atoms with E-state index in [1.54, 1.807) is 48.5 Å². The molecule has 244 valence electrons. The van der Waals surface area contributed by atoms with Crippen molar-refractivity contribution < 1.29 is 26.3 Å². The van der Waals surface area contributed by atoms with Crippen LogP contribution in [0.25, 0.3) is 0 Å². The van der Waals surface area contributed by atoms with E-state index in [1.165, 1.54) is 0 Å². The summed E-state index contributed by atoms with van der Waals surface area (Å²) < 4.78 is 68.0. The molecule has 1 aliphatic heterocycles. The minimum Gasteiger partial charge on any atom is -0.489 e. The van der Waals surface area contributed by atoms with E-state index in [4.69, 9.17) is 9.47 Å². The fraction of sp³-hybridized carbons (Fsp3) is 0.294. The lowest BCUT2D eigenvalue weighted by atomic mass is 10.2. The van der Waals surface area contributed by atoms with Gasteiger partial charge in [0.15, 0.2) is 0 Å². The average molecular weight is 665 g/mol. The minimum absolute atomic E-state index is 0.194. The van der Waals surface area contributed by atoms with Gasteiger partial charge in [-0.05, 0) is 59.7 Å². The third-order valence-electron chi connectivity index (χ3n) is 7.67. The van der Waals surface area contributed by atoms with Crippen molar-refractivity contribution in [2.75, 3.05) is 52.4 Å². The molecule has 4 aromatic carbocycles. The summed E-state index contributed by atoms with van der Waals surface area (Å²) in [5.74, 6) is 1.21. The molecular weight excluding hydrogens is 625 g/mol. The lowest BCUT2D eigenvalue weighted by Crippen LogP contribution is -2.49. The summed E-state index contributed by atoms with van der Waals surface area (Å²) in [6.07, 6.45) is 0. The smallest absolute Gasteiger partial charge is 0.240 e. The average Bonchev–Trinajstić information content (AvgIpc) is 3.08. The number of nitrogens with zero attached hydrogens (tertiary/aromatic N) is 2. The van der Waals surface area contributed by atoms with E-state index in [9.17, 15) is 16.8 Å². The van der Waals surface area contributed by atoms with Crippen LogP contribution in [0.4, 0.5) is 0 Å². The van der Waals surface area contributed by atoms with Crippen LogP contribution in [-0.2, 0) is 33.3 Å². The van der Waals surface area contributed by atoms with Crippen molar-refractivity contribution in [2.24, 2.45) is 0 Å². The third-order valence-corrected chi connectivity index (χ3v) is 10.6. The van der Waals surface area contributed by atoms with Gasteiger partial charge in [-0.15, -0.1) is 0 Å². The fourth-order valence-corrected chi connectivity index (χ4v) is 7.03. The summed E-state index contributed by atoms with van der Waals surface area (Å²) in [6.45, 7) is 5.67. The van der Waals surface area contributed by atoms with Gasteiger partial charge in [-0.25, -0.2) is 26.3 Å². The second-order valence-corrected chi connectivity index (χ2v) is 14.5. The highest BCUT2D eigenvalue weighted by Crippen LogP contribution is 2.19. The number of piperazine rings is 1. The number of sulfonamides is 2. The predicted molar refractivity (Wildman–Crippen MR) is 178 cm³/mol. The highest BCUT2D eigenvalue weighted by atomic mass is 32.2. The molecule has 0 spiro atoms. The molecule has 0 atom stereocenters. The largest absolute Gasteiger partial charge is 0.489 e. The van der Waals surface area contributed by atoms with E-state index < -0.39 is 20.0 Å². The Labute approximate surface area is 272 Å². The van der Waals surface area contributed by atoms with E-state index in [2.05, 4.69) is 19.2 Å². The Balaban J connectivity index is 0.968. The van der Waals surface area contributed by atoms with Gasteiger partial charge in [0, 0.05) is 52.4 Å². The summed E-state index contributed by atoms with van der Waals surface area (Å²) in [6, 6.07) is 32.4. The van der Waals surface area contributed by atoms with Gasteiger partial charge < -0.3 is 9.47 Å². The molecule has 1 aliphatic rings. The maximum atomic E-state index is 12.8. The van der Waals surface area contributed by atoms with Gasteiger partial charge >= 0.3 is 0 Å². The maximum absolute atomic E-state index is 12.8. The van der Waals surface area contributed by atoms with E-state index in [0.717, 1.165) is 37.3 Å². The summed E-state index contributed by atoms with van der Waals surface area (Å²) in [4.78, 5) is 4.79. The summed E-state index contributed by atoms with van der Waals surface area (Å²) in [5, 5.41) is 0. The zero-order valence-corrected chi connectivity index (χ0v) is 27.3. The highest BCUT2D eigenvalue weighted by molar-refractivity contribution is 7.89. The van der Waals surface area contributed by atoms with Crippen molar-refractivity contribution >= 4 is 20.0 Å². The number of benzene rings is 4. The zero-order chi connectivity index (χ0) is 32.2. The number of nitrogens with one attached hydrogen (secondary N) is 2. The molecule has 1 heterocycles. The first-order valence-electron chi connectivity index (χ1n) is 15.2. The maximum Gasteiger partial charge on any atom is 0.240 e. The van der Waals surface area contributed by atoms with E-state index in [1.807, 2.05) is 60.7 Å². The lowest BCUT2D eigenvalue weighted by Gasteiger charge is -2.34. The number of ether oxygens (including phenoxy) is 2. The molecular formula is C34H40N4O6S2. The molecule has 5 rings (SSSR count). The molecule has 0 bridgehead atoms. The molecule has 0 aliphatic carbocycles. The monoisotopic (exact) mass is 664 g/mol. The van der Waals surface area contributed by atoms with E-state index >= 15 is 0 Å². The molecule has 1 saturated heterocycles. The molecule has 0 unspecified atom stereocenters. The van der Waals surface area contributed by atoms with E-state index in [-0.39, 0.29) is 9.79 Å². The molecule has 2 N–H and O–H groups in total. The van der Waals surface area contributed by atoms with Crippen molar-refractivity contribution in [3.05, 3.63) is 120 Å². The highest BCUT2D eigenvalue weighted by Gasteiger charge is 2.20. The van der Waals surface area contributed by atoms with Crippen molar-refractivity contribution in [1.29, 1.82) is 0 Å². The molecule has 0 aromatic heterocycles. The summed E-state index contributed by atoms with van der Waals surface area (Å²) in [7, 11) is -7.27. The first-order valence-corrected chi connectivity index (χ1v) is 18.2. The standard InChI is InChI=1S/C34H40N4O6S2/c39-45(40,33-15-11-31(12-16-33)43-27-29-7-3-1-4-8-29)35-19-21-37-23-25-38(26-24-37)22-20-36-46(41,42)34-17-13-32(14-18-34)44-28-30-9-5-2-6-10-30/h1-18,35-36H,19-28H2. The zero-order valence-electron chi connectivity index (χ0n) is 25.6. The Bertz CT molecular complexity index is 1580. The van der Waals surface area contributed by atoms with Gasteiger partial charge in [-0.2, -0.15) is 0 Å². The topological polar surface area (TPSA) is 117 Å². The van der Waals surface area contributed by atoms with Gasteiger partial charge in [0.2, 0.25) is 20.0 Å². The van der Waals surface area contributed by atoms with Crippen LogP contribution in [0.3, 0.4) is 0 Å². The van der Waals surface area contributed by atoms with Crippen LogP contribution in [0.5, 0.6) is 11.5 Å². The van der Waals surface area contributed by atoms with E-state index in [0.29, 0.717) is 50.9 Å². The Hall–Kier alpha value is -3.78. The molecule has 0 radical (unpaired) electrons. The lowest BCUT2D eigenvalue weighted by molar-refractivity contribution is 0.136. The molecule has 0 saturated carbocycles. The number of hydrogen-bond acceptors (Lipinski definition) is 8. The molecule has 46 heavy (non-hydrogen) atoms. The summed E-state index contributed by atoms with van der Waals surface area (Å²) >= 11 is 0. The van der Waals surface area contributed by atoms with Crippen LogP contribution in [0.1, 0.15) is 11.1 Å². The van der Waals surface area contributed by atoms with Gasteiger partial charge in [-0.1, -0.05) is 60.7 Å². The van der Waals surface area contributed by atoms with Crippen molar-refractivity contribution in [2.45, 2.75) is 23.0 Å². The van der Waals surface area contributed by atoms with Crippen LogP contribution in [0.2, 0.25) is 0 Å². The Morgan fingerprint density at radius 3 is 1.20 bits per heavy atom. The van der Waals surface area contributed by atoms with Crippen molar-refractivity contribution in [3.63, 3.8) is 0 Å². The Morgan fingerprint density at radius 1 is 0.500 bits per heavy atom. The van der Waals surface area contributed by atoms with Crippen LogP contribution >= 0.6 is 0 Å². The minimum atomic E-state index is -3.64. The SMILES string of the molecule is O=S(=O)(NCCN1CCN(CCNS(=O)(=O)c2ccc(OCc3ccccc3)cc2)CC1)c1ccc(OCc2ccccc2)cc1. The van der Waals surface area contributed by atoms with Gasteiger partial charge in [-0.3, -0.25) is 9.80 Å². The van der Waals surface area contributed by atoms with Crippen molar-refractivity contribution in [3.8, 4) is 11.5 Å². The summed E-state index contributed by atoms with van der Waals surface area (Å²) in [5.41, 5.74) is 2.07. The number of hydrogen-bond donors (Lipinski definition) is 2. The molecule has 10 nitrogen and oxygen atoms in total. The second kappa shape index (κ2) is 16.2. The molecule has 4 aromatic rings. The molecule has 1 fully saturated rings. The number of rotatable bonds is 16. The second-order valence-electron chi connectivity index (χ2n) is 11.0.